The number of hydrogen-bond donors (Lipinski definition) is 1. The standard InChI is InChI=1S/C17H19N5OS/c1-24(23)22-11-9-21(10-12-22)16-8-4-7-15(18-16)17-19-13-5-2-3-6-14(13)20-17/h2-8H,9-12H2,1H3,(H,19,20)/p+1. The summed E-state index contributed by atoms with van der Waals surface area (Å²) in [5.41, 5.74) is 2.80. The van der Waals surface area contributed by atoms with E-state index in [0.29, 0.717) is 0 Å². The number of fused-ring (bicyclic) bond motifs is 1. The van der Waals surface area contributed by atoms with Crippen molar-refractivity contribution in [2.75, 3.05) is 37.3 Å². The molecule has 1 saturated heterocycles. The third-order valence-corrected chi connectivity index (χ3v) is 5.54. The zero-order chi connectivity index (χ0) is 16.5. The second-order valence-corrected chi connectivity index (χ2v) is 7.38. The van der Waals surface area contributed by atoms with Crippen molar-refractivity contribution in [3.8, 4) is 11.5 Å². The van der Waals surface area contributed by atoms with E-state index in [2.05, 4.69) is 14.9 Å². The summed E-state index contributed by atoms with van der Waals surface area (Å²) in [5.74, 6) is 1.73. The Kier molecular flexibility index (Phi) is 4.03. The van der Waals surface area contributed by atoms with Crippen LogP contribution in [-0.2, 0) is 15.2 Å². The number of para-hydroxylation sites is 2. The number of thiol groups is 1. The Morgan fingerprint density at radius 2 is 1.79 bits per heavy atom. The van der Waals surface area contributed by atoms with Gasteiger partial charge in [-0.15, -0.1) is 4.31 Å². The molecule has 0 radical (unpaired) electrons. The van der Waals surface area contributed by atoms with Crippen LogP contribution in [0.4, 0.5) is 5.82 Å². The molecular formula is C17H20N5OS+. The van der Waals surface area contributed by atoms with E-state index in [9.17, 15) is 4.21 Å². The topological polar surface area (TPSA) is 65.1 Å². The van der Waals surface area contributed by atoms with Crippen LogP contribution in [0.1, 0.15) is 0 Å². The fourth-order valence-corrected chi connectivity index (χ4v) is 3.75. The van der Waals surface area contributed by atoms with Crippen LogP contribution in [-0.4, -0.2) is 51.7 Å². The minimum Gasteiger partial charge on any atom is -0.354 e. The Bertz CT molecular complexity index is 852. The summed E-state index contributed by atoms with van der Waals surface area (Å²) in [7, 11) is -1.24. The number of piperazine rings is 1. The first-order valence-corrected chi connectivity index (χ1v) is 9.69. The van der Waals surface area contributed by atoms with Crippen LogP contribution >= 0.6 is 0 Å². The largest absolute Gasteiger partial charge is 0.354 e. The molecule has 3 aromatic rings. The summed E-state index contributed by atoms with van der Waals surface area (Å²) >= 11 is 0. The number of H-pyrrole nitrogens is 1. The normalized spacial score (nSPS) is 17.3. The lowest BCUT2D eigenvalue weighted by atomic mass is 10.3. The molecule has 4 rings (SSSR count). The van der Waals surface area contributed by atoms with Gasteiger partial charge in [0.1, 0.15) is 28.8 Å². The maximum atomic E-state index is 11.6. The first-order valence-electron chi connectivity index (χ1n) is 8.03. The highest BCUT2D eigenvalue weighted by molar-refractivity contribution is 7.81. The molecule has 24 heavy (non-hydrogen) atoms. The number of aromatic nitrogens is 3. The molecule has 1 fully saturated rings. The fraction of sp³-hybridized carbons (Fsp3) is 0.294. The minimum atomic E-state index is -1.24. The predicted octanol–water partition coefficient (Wildman–Crippen LogP) is 1.99. The van der Waals surface area contributed by atoms with Gasteiger partial charge in [-0.2, -0.15) is 0 Å². The van der Waals surface area contributed by atoms with E-state index in [0.717, 1.165) is 54.5 Å². The van der Waals surface area contributed by atoms with Crippen LogP contribution in [0.2, 0.25) is 0 Å². The number of aromatic amines is 1. The van der Waals surface area contributed by atoms with Crippen molar-refractivity contribution in [2.24, 2.45) is 0 Å². The molecule has 1 unspecified atom stereocenters. The number of pyridine rings is 1. The summed E-state index contributed by atoms with van der Waals surface area (Å²) in [4.78, 5) is 15.0. The highest BCUT2D eigenvalue weighted by atomic mass is 32.2. The Morgan fingerprint density at radius 3 is 2.54 bits per heavy atom. The lowest BCUT2D eigenvalue weighted by Gasteiger charge is -2.31. The Morgan fingerprint density at radius 1 is 1.00 bits per heavy atom. The summed E-state index contributed by atoms with van der Waals surface area (Å²) in [6.07, 6.45) is 1.77. The quantitative estimate of drug-likeness (QED) is 0.584. The van der Waals surface area contributed by atoms with Gasteiger partial charge in [0.2, 0.25) is 0 Å². The number of nitrogens with zero attached hydrogens (tertiary/aromatic N) is 4. The molecule has 1 N–H and O–H groups in total. The molecule has 1 atom stereocenters. The van der Waals surface area contributed by atoms with Crippen LogP contribution in [0.3, 0.4) is 0 Å². The molecule has 3 heterocycles. The summed E-state index contributed by atoms with van der Waals surface area (Å²) in [5, 5.41) is 0. The van der Waals surface area contributed by atoms with Gasteiger partial charge in [0.05, 0.1) is 24.1 Å². The summed E-state index contributed by atoms with van der Waals surface area (Å²) < 4.78 is 13.6. The third-order valence-electron chi connectivity index (χ3n) is 4.34. The zero-order valence-electron chi connectivity index (χ0n) is 13.5. The van der Waals surface area contributed by atoms with Gasteiger partial charge in [0.15, 0.2) is 5.82 Å². The molecule has 2 aromatic heterocycles. The van der Waals surface area contributed by atoms with E-state index in [1.165, 1.54) is 0 Å². The van der Waals surface area contributed by atoms with Crippen molar-refractivity contribution in [3.05, 3.63) is 42.5 Å². The summed E-state index contributed by atoms with van der Waals surface area (Å²) in [6.45, 7) is 3.29. The van der Waals surface area contributed by atoms with E-state index in [4.69, 9.17) is 4.98 Å². The number of nitrogens with one attached hydrogen (secondary N) is 1. The lowest BCUT2D eigenvalue weighted by molar-refractivity contribution is 0.404. The first-order chi connectivity index (χ1) is 11.7. The van der Waals surface area contributed by atoms with E-state index < -0.39 is 11.0 Å². The molecule has 0 aliphatic carbocycles. The average molecular weight is 342 g/mol. The minimum absolute atomic E-state index is 0.785. The second kappa shape index (κ2) is 6.33. The van der Waals surface area contributed by atoms with Gasteiger partial charge in [0, 0.05) is 13.1 Å². The first kappa shape index (κ1) is 15.3. The van der Waals surface area contributed by atoms with Crippen LogP contribution in [0.25, 0.3) is 22.6 Å². The van der Waals surface area contributed by atoms with E-state index in [-0.39, 0.29) is 0 Å². The molecule has 0 amide bonds. The maximum Gasteiger partial charge on any atom is 0.157 e. The third kappa shape index (κ3) is 2.92. The van der Waals surface area contributed by atoms with Crippen LogP contribution < -0.4 is 4.90 Å². The summed E-state index contributed by atoms with van der Waals surface area (Å²) in [6, 6.07) is 14.0. The molecule has 6 nitrogen and oxygen atoms in total. The van der Waals surface area contributed by atoms with E-state index >= 15 is 0 Å². The van der Waals surface area contributed by atoms with Crippen molar-refractivity contribution in [3.63, 3.8) is 0 Å². The van der Waals surface area contributed by atoms with Crippen molar-refractivity contribution in [1.82, 2.24) is 19.3 Å². The van der Waals surface area contributed by atoms with Gasteiger partial charge >= 0.3 is 0 Å². The Balaban J connectivity index is 1.59. The van der Waals surface area contributed by atoms with Gasteiger partial charge < -0.3 is 9.88 Å². The van der Waals surface area contributed by atoms with Crippen molar-refractivity contribution < 1.29 is 4.21 Å². The Labute approximate surface area is 143 Å². The molecule has 1 aromatic carbocycles. The molecule has 0 bridgehead atoms. The lowest BCUT2D eigenvalue weighted by Crippen LogP contribution is -2.46. The maximum absolute atomic E-state index is 11.6. The van der Waals surface area contributed by atoms with Crippen LogP contribution in [0, 0.1) is 0 Å². The zero-order valence-corrected chi connectivity index (χ0v) is 14.4. The number of benzene rings is 1. The predicted molar refractivity (Wildman–Crippen MR) is 98.5 cm³/mol. The molecule has 7 heteroatoms. The van der Waals surface area contributed by atoms with Gasteiger partial charge in [-0.1, -0.05) is 22.4 Å². The molecule has 1 aliphatic rings. The molecule has 124 valence electrons. The van der Waals surface area contributed by atoms with Gasteiger partial charge in [-0.05, 0) is 24.3 Å². The van der Waals surface area contributed by atoms with Crippen molar-refractivity contribution in [2.45, 2.75) is 0 Å². The van der Waals surface area contributed by atoms with Crippen molar-refractivity contribution in [1.29, 1.82) is 0 Å². The SMILES string of the molecule is C[SH+](=O)N1CCN(c2cccc(-c3nc4ccccc4[nH]3)n2)CC1. The fourth-order valence-electron chi connectivity index (χ4n) is 3.01. The number of imidazole rings is 1. The van der Waals surface area contributed by atoms with Crippen molar-refractivity contribution >= 4 is 27.8 Å². The monoisotopic (exact) mass is 342 g/mol. The highest BCUT2D eigenvalue weighted by Crippen LogP contribution is 2.22. The number of anilines is 1. The molecular weight excluding hydrogens is 322 g/mol. The number of rotatable bonds is 3. The molecule has 0 spiro atoms. The molecule has 0 saturated carbocycles. The number of hydrogen-bond acceptors (Lipinski definition) is 4. The van der Waals surface area contributed by atoms with Gasteiger partial charge in [-0.25, -0.2) is 9.97 Å². The molecule has 1 aliphatic heterocycles. The van der Waals surface area contributed by atoms with E-state index in [1.807, 2.05) is 46.8 Å². The smallest absolute Gasteiger partial charge is 0.157 e. The Hall–Kier alpha value is -2.25. The van der Waals surface area contributed by atoms with Crippen LogP contribution in [0.5, 0.6) is 0 Å². The van der Waals surface area contributed by atoms with Gasteiger partial charge in [0.25, 0.3) is 0 Å². The van der Waals surface area contributed by atoms with Gasteiger partial charge in [-0.3, -0.25) is 0 Å². The van der Waals surface area contributed by atoms with E-state index in [1.54, 1.807) is 6.26 Å². The average Bonchev–Trinajstić information content (AvgIpc) is 3.06. The highest BCUT2D eigenvalue weighted by Gasteiger charge is 2.23. The van der Waals surface area contributed by atoms with Crippen LogP contribution in [0.15, 0.2) is 42.5 Å². The second-order valence-electron chi connectivity index (χ2n) is 5.89.